The van der Waals surface area contributed by atoms with Crippen molar-refractivity contribution >= 4 is 0 Å². The van der Waals surface area contributed by atoms with Gasteiger partial charge in [0.25, 0.3) is 0 Å². The molecule has 0 unspecified atom stereocenters. The van der Waals surface area contributed by atoms with E-state index in [0.717, 1.165) is 5.69 Å². The quantitative estimate of drug-likeness (QED) is 0.707. The van der Waals surface area contributed by atoms with E-state index < -0.39 is 0 Å². The minimum atomic E-state index is -0.0549. The molecule has 2 rings (SSSR count). The van der Waals surface area contributed by atoms with Crippen molar-refractivity contribution in [1.29, 1.82) is 0 Å². The fourth-order valence-electron chi connectivity index (χ4n) is 0.999. The molecule has 0 saturated carbocycles. The summed E-state index contributed by atoms with van der Waals surface area (Å²) >= 11 is 0. The molecule has 0 saturated heterocycles. The molecule has 2 heterocycles. The van der Waals surface area contributed by atoms with E-state index in [1.165, 1.54) is 6.33 Å². The molecule has 0 aliphatic heterocycles. The van der Waals surface area contributed by atoms with Crippen LogP contribution >= 0.6 is 0 Å². The predicted octanol–water partition coefficient (Wildman–Crippen LogP) is 0.155. The summed E-state index contributed by atoms with van der Waals surface area (Å²) in [6.45, 7) is -0.0549. The van der Waals surface area contributed by atoms with Crippen molar-refractivity contribution in [2.24, 2.45) is 0 Å². The van der Waals surface area contributed by atoms with Crippen molar-refractivity contribution in [3.05, 3.63) is 36.7 Å². The molecule has 13 heavy (non-hydrogen) atoms. The zero-order chi connectivity index (χ0) is 9.10. The molecule has 1 N–H and O–H groups in total. The van der Waals surface area contributed by atoms with Gasteiger partial charge in [0.1, 0.15) is 12.0 Å². The molecular weight excluding hydrogens is 168 g/mol. The standard InChI is InChI=1S/C8H8N4O/c13-5-7-1-2-12(11-7)8-3-9-6-10-4-8/h1-4,6,13H,5H2. The second-order valence-corrected chi connectivity index (χ2v) is 2.51. The highest BCUT2D eigenvalue weighted by Gasteiger charge is 1.99. The van der Waals surface area contributed by atoms with Gasteiger partial charge in [0.15, 0.2) is 0 Å². The molecular formula is C8H8N4O. The lowest BCUT2D eigenvalue weighted by Gasteiger charge is -1.97. The number of nitrogens with zero attached hydrogens (tertiary/aromatic N) is 4. The summed E-state index contributed by atoms with van der Waals surface area (Å²) in [5.74, 6) is 0. The van der Waals surface area contributed by atoms with E-state index in [-0.39, 0.29) is 6.61 Å². The Kier molecular flexibility index (Phi) is 2.01. The molecule has 0 fully saturated rings. The number of aromatic nitrogens is 4. The fourth-order valence-corrected chi connectivity index (χ4v) is 0.999. The molecule has 0 atom stereocenters. The number of aliphatic hydroxyl groups excluding tert-OH is 1. The van der Waals surface area contributed by atoms with Crippen molar-refractivity contribution in [3.63, 3.8) is 0 Å². The third-order valence-corrected chi connectivity index (χ3v) is 1.62. The molecule has 66 valence electrons. The third-order valence-electron chi connectivity index (χ3n) is 1.62. The molecule has 0 amide bonds. The maximum absolute atomic E-state index is 8.79. The van der Waals surface area contributed by atoms with E-state index in [1.807, 2.05) is 0 Å². The second kappa shape index (κ2) is 3.32. The maximum atomic E-state index is 8.79. The normalized spacial score (nSPS) is 10.2. The van der Waals surface area contributed by atoms with Crippen molar-refractivity contribution in [1.82, 2.24) is 19.7 Å². The van der Waals surface area contributed by atoms with Crippen LogP contribution in [0.3, 0.4) is 0 Å². The van der Waals surface area contributed by atoms with E-state index in [4.69, 9.17) is 5.11 Å². The zero-order valence-corrected chi connectivity index (χ0v) is 6.83. The number of aliphatic hydroxyl groups is 1. The Morgan fingerprint density at radius 3 is 2.69 bits per heavy atom. The highest BCUT2D eigenvalue weighted by atomic mass is 16.3. The van der Waals surface area contributed by atoms with Gasteiger partial charge in [-0.3, -0.25) is 0 Å². The van der Waals surface area contributed by atoms with Crippen molar-refractivity contribution in [3.8, 4) is 5.69 Å². The van der Waals surface area contributed by atoms with Gasteiger partial charge in [-0.2, -0.15) is 5.10 Å². The first-order chi connectivity index (χ1) is 6.40. The van der Waals surface area contributed by atoms with Crippen LogP contribution in [-0.4, -0.2) is 24.9 Å². The summed E-state index contributed by atoms with van der Waals surface area (Å²) in [5.41, 5.74) is 1.41. The van der Waals surface area contributed by atoms with Gasteiger partial charge in [0.2, 0.25) is 0 Å². The minimum Gasteiger partial charge on any atom is -0.390 e. The molecule has 0 spiro atoms. The molecule has 5 heteroatoms. The van der Waals surface area contributed by atoms with Gasteiger partial charge >= 0.3 is 0 Å². The Morgan fingerprint density at radius 2 is 2.08 bits per heavy atom. The van der Waals surface area contributed by atoms with Crippen LogP contribution in [0, 0.1) is 0 Å². The van der Waals surface area contributed by atoms with Crippen LogP contribution in [0.5, 0.6) is 0 Å². The molecule has 2 aromatic rings. The zero-order valence-electron chi connectivity index (χ0n) is 6.83. The van der Waals surface area contributed by atoms with Crippen LogP contribution in [0.1, 0.15) is 5.69 Å². The summed E-state index contributed by atoms with van der Waals surface area (Å²) in [6.07, 6.45) is 6.52. The first-order valence-electron chi connectivity index (χ1n) is 3.81. The lowest BCUT2D eigenvalue weighted by Crippen LogP contribution is -1.97. The van der Waals surface area contributed by atoms with Gasteiger partial charge in [-0.1, -0.05) is 0 Å². The van der Waals surface area contributed by atoms with E-state index in [0.29, 0.717) is 5.69 Å². The smallest absolute Gasteiger partial charge is 0.115 e. The highest BCUT2D eigenvalue weighted by molar-refractivity contribution is 5.23. The van der Waals surface area contributed by atoms with Gasteiger partial charge < -0.3 is 5.11 Å². The van der Waals surface area contributed by atoms with Gasteiger partial charge in [0.05, 0.1) is 24.7 Å². The molecule has 2 aromatic heterocycles. The van der Waals surface area contributed by atoms with Crippen LogP contribution in [0.25, 0.3) is 5.69 Å². The second-order valence-electron chi connectivity index (χ2n) is 2.51. The molecule has 0 aliphatic rings. The van der Waals surface area contributed by atoms with Crippen molar-refractivity contribution in [2.45, 2.75) is 6.61 Å². The minimum absolute atomic E-state index is 0.0549. The summed E-state index contributed by atoms with van der Waals surface area (Å²) in [5, 5.41) is 12.9. The molecule has 0 radical (unpaired) electrons. The Morgan fingerprint density at radius 1 is 1.31 bits per heavy atom. The van der Waals surface area contributed by atoms with Crippen molar-refractivity contribution < 1.29 is 5.11 Å². The van der Waals surface area contributed by atoms with Crippen LogP contribution in [-0.2, 0) is 6.61 Å². The molecule has 5 nitrogen and oxygen atoms in total. The summed E-state index contributed by atoms with van der Waals surface area (Å²) in [7, 11) is 0. The first kappa shape index (κ1) is 7.88. The van der Waals surface area contributed by atoms with E-state index in [2.05, 4.69) is 15.1 Å². The predicted molar refractivity (Wildman–Crippen MR) is 45.1 cm³/mol. The largest absolute Gasteiger partial charge is 0.390 e. The van der Waals surface area contributed by atoms with Crippen LogP contribution in [0.15, 0.2) is 31.0 Å². The Labute approximate surface area is 74.7 Å². The maximum Gasteiger partial charge on any atom is 0.115 e. The lowest BCUT2D eigenvalue weighted by atomic mass is 10.5. The van der Waals surface area contributed by atoms with Gasteiger partial charge in [-0.15, -0.1) is 0 Å². The van der Waals surface area contributed by atoms with E-state index in [1.54, 1.807) is 29.3 Å². The van der Waals surface area contributed by atoms with E-state index >= 15 is 0 Å². The van der Waals surface area contributed by atoms with Gasteiger partial charge in [-0.05, 0) is 6.07 Å². The fraction of sp³-hybridized carbons (Fsp3) is 0.125. The summed E-state index contributed by atoms with van der Waals surface area (Å²) in [4.78, 5) is 7.72. The number of hydrogen-bond acceptors (Lipinski definition) is 4. The Hall–Kier alpha value is -1.75. The third kappa shape index (κ3) is 1.54. The highest BCUT2D eigenvalue weighted by Crippen LogP contribution is 2.03. The molecule has 0 bridgehead atoms. The lowest BCUT2D eigenvalue weighted by molar-refractivity contribution is 0.276. The Balaban J connectivity index is 2.36. The van der Waals surface area contributed by atoms with Gasteiger partial charge in [-0.25, -0.2) is 14.6 Å². The van der Waals surface area contributed by atoms with Crippen LogP contribution < -0.4 is 0 Å². The molecule has 0 aromatic carbocycles. The summed E-state index contributed by atoms with van der Waals surface area (Å²) < 4.78 is 1.62. The van der Waals surface area contributed by atoms with Crippen LogP contribution in [0.2, 0.25) is 0 Å². The average Bonchev–Trinajstić information content (AvgIpc) is 2.67. The van der Waals surface area contributed by atoms with Gasteiger partial charge in [0, 0.05) is 6.20 Å². The first-order valence-corrected chi connectivity index (χ1v) is 3.81. The van der Waals surface area contributed by atoms with E-state index in [9.17, 15) is 0 Å². The monoisotopic (exact) mass is 176 g/mol. The molecule has 0 aliphatic carbocycles. The Bertz CT molecular complexity index is 384. The SMILES string of the molecule is OCc1ccn(-c2cncnc2)n1. The average molecular weight is 176 g/mol. The summed E-state index contributed by atoms with van der Waals surface area (Å²) in [6, 6.07) is 1.74. The topological polar surface area (TPSA) is 63.8 Å². The van der Waals surface area contributed by atoms with Crippen LogP contribution in [0.4, 0.5) is 0 Å². The number of hydrogen-bond donors (Lipinski definition) is 1. The van der Waals surface area contributed by atoms with Crippen molar-refractivity contribution in [2.75, 3.05) is 0 Å². The number of rotatable bonds is 2.